The van der Waals surface area contributed by atoms with Crippen molar-refractivity contribution in [2.45, 2.75) is 26.7 Å². The van der Waals surface area contributed by atoms with E-state index in [2.05, 4.69) is 4.90 Å². The highest BCUT2D eigenvalue weighted by Gasteiger charge is 2.21. The highest BCUT2D eigenvalue weighted by Crippen LogP contribution is 2.05. The molecule has 0 saturated carbocycles. The van der Waals surface area contributed by atoms with E-state index in [4.69, 9.17) is 5.73 Å². The van der Waals surface area contributed by atoms with E-state index < -0.39 is 0 Å². The molecule has 1 heterocycles. The molecule has 1 aliphatic rings. The average molecular weight is 284 g/mol. The summed E-state index contributed by atoms with van der Waals surface area (Å²) in [6.07, 6.45) is 1.33. The van der Waals surface area contributed by atoms with Crippen molar-refractivity contribution in [3.63, 3.8) is 0 Å². The summed E-state index contributed by atoms with van der Waals surface area (Å²) in [6.45, 7) is 9.48. The maximum absolute atomic E-state index is 12.1. The van der Waals surface area contributed by atoms with Gasteiger partial charge in [-0.1, -0.05) is 0 Å². The van der Waals surface area contributed by atoms with E-state index in [9.17, 15) is 9.59 Å². The summed E-state index contributed by atoms with van der Waals surface area (Å²) >= 11 is 0. The van der Waals surface area contributed by atoms with Gasteiger partial charge >= 0.3 is 0 Å². The molecule has 1 saturated heterocycles. The highest BCUT2D eigenvalue weighted by atomic mass is 16.2. The summed E-state index contributed by atoms with van der Waals surface area (Å²) in [5, 5.41) is 0. The quantitative estimate of drug-likeness (QED) is 0.729. The van der Waals surface area contributed by atoms with Gasteiger partial charge < -0.3 is 15.5 Å². The van der Waals surface area contributed by atoms with E-state index in [1.807, 2.05) is 23.6 Å². The van der Waals surface area contributed by atoms with Crippen LogP contribution >= 0.6 is 0 Å². The SMILES string of the molecule is CCN(CC)C(=O)CN1CCCN(C(=O)CCN)CC1. The number of hydrogen-bond donors (Lipinski definition) is 1. The third-order valence-corrected chi connectivity index (χ3v) is 3.77. The first-order valence-electron chi connectivity index (χ1n) is 7.60. The maximum Gasteiger partial charge on any atom is 0.236 e. The van der Waals surface area contributed by atoms with Gasteiger partial charge in [0.15, 0.2) is 0 Å². The van der Waals surface area contributed by atoms with Gasteiger partial charge in [0.1, 0.15) is 0 Å². The van der Waals surface area contributed by atoms with Crippen LogP contribution in [0.5, 0.6) is 0 Å². The first-order chi connectivity index (χ1) is 9.62. The standard InChI is InChI=1S/C14H28N4O2/c1-3-17(4-2)14(20)12-16-8-5-9-18(11-10-16)13(19)6-7-15/h3-12,15H2,1-2H3. The summed E-state index contributed by atoms with van der Waals surface area (Å²) in [5.41, 5.74) is 5.42. The lowest BCUT2D eigenvalue weighted by Gasteiger charge is -2.25. The molecule has 0 aromatic carbocycles. The number of likely N-dealkylation sites (N-methyl/N-ethyl adjacent to an activating group) is 1. The predicted octanol–water partition coefficient (Wildman–Crippen LogP) is -0.262. The Balaban J connectivity index is 2.44. The van der Waals surface area contributed by atoms with Crippen LogP contribution in [0.1, 0.15) is 26.7 Å². The second-order valence-corrected chi connectivity index (χ2v) is 5.12. The Hall–Kier alpha value is -1.14. The normalized spacial score (nSPS) is 16.9. The number of carbonyl (C=O) groups excluding carboxylic acids is 2. The minimum Gasteiger partial charge on any atom is -0.342 e. The van der Waals surface area contributed by atoms with Crippen LogP contribution in [0, 0.1) is 0 Å². The van der Waals surface area contributed by atoms with E-state index >= 15 is 0 Å². The lowest BCUT2D eigenvalue weighted by atomic mass is 10.3. The number of nitrogens with two attached hydrogens (primary N) is 1. The van der Waals surface area contributed by atoms with Crippen molar-refractivity contribution >= 4 is 11.8 Å². The molecule has 0 bridgehead atoms. The van der Waals surface area contributed by atoms with Crippen molar-refractivity contribution in [2.75, 3.05) is 52.4 Å². The Labute approximate surface area is 121 Å². The van der Waals surface area contributed by atoms with Crippen LogP contribution in [0.3, 0.4) is 0 Å². The first kappa shape index (κ1) is 16.9. The lowest BCUT2D eigenvalue weighted by Crippen LogP contribution is -2.42. The van der Waals surface area contributed by atoms with Gasteiger partial charge in [-0.3, -0.25) is 14.5 Å². The molecule has 0 unspecified atom stereocenters. The van der Waals surface area contributed by atoms with E-state index in [0.717, 1.165) is 39.1 Å². The van der Waals surface area contributed by atoms with Crippen LogP contribution in [-0.4, -0.2) is 78.9 Å². The second kappa shape index (κ2) is 8.92. The Bertz CT molecular complexity index is 318. The minimum absolute atomic E-state index is 0.129. The van der Waals surface area contributed by atoms with Crippen molar-refractivity contribution in [3.8, 4) is 0 Å². The number of amides is 2. The molecule has 116 valence electrons. The Morgan fingerprint density at radius 2 is 1.80 bits per heavy atom. The third-order valence-electron chi connectivity index (χ3n) is 3.77. The molecule has 0 aromatic rings. The molecular formula is C14H28N4O2. The van der Waals surface area contributed by atoms with Crippen LogP contribution in [0.15, 0.2) is 0 Å². The summed E-state index contributed by atoms with van der Waals surface area (Å²) in [7, 11) is 0. The van der Waals surface area contributed by atoms with E-state index in [1.54, 1.807) is 0 Å². The predicted molar refractivity (Wildman–Crippen MR) is 79.2 cm³/mol. The van der Waals surface area contributed by atoms with Gasteiger partial charge in [-0.25, -0.2) is 0 Å². The minimum atomic E-state index is 0.129. The Morgan fingerprint density at radius 3 is 2.40 bits per heavy atom. The van der Waals surface area contributed by atoms with Crippen molar-refractivity contribution in [1.82, 2.24) is 14.7 Å². The molecule has 20 heavy (non-hydrogen) atoms. The smallest absolute Gasteiger partial charge is 0.236 e. The van der Waals surface area contributed by atoms with Gasteiger partial charge in [-0.2, -0.15) is 0 Å². The van der Waals surface area contributed by atoms with Gasteiger partial charge in [0.2, 0.25) is 11.8 Å². The van der Waals surface area contributed by atoms with Crippen molar-refractivity contribution in [2.24, 2.45) is 5.73 Å². The van der Waals surface area contributed by atoms with E-state index in [0.29, 0.717) is 26.1 Å². The number of carbonyl (C=O) groups is 2. The fourth-order valence-electron chi connectivity index (χ4n) is 2.53. The summed E-state index contributed by atoms with van der Waals surface area (Å²) in [6, 6.07) is 0. The zero-order valence-corrected chi connectivity index (χ0v) is 12.8. The summed E-state index contributed by atoms with van der Waals surface area (Å²) in [5.74, 6) is 0.307. The largest absolute Gasteiger partial charge is 0.342 e. The molecule has 0 atom stereocenters. The van der Waals surface area contributed by atoms with Crippen LogP contribution in [0.4, 0.5) is 0 Å². The second-order valence-electron chi connectivity index (χ2n) is 5.12. The van der Waals surface area contributed by atoms with Crippen LogP contribution in [0.2, 0.25) is 0 Å². The van der Waals surface area contributed by atoms with Gasteiger partial charge in [-0.05, 0) is 20.3 Å². The topological polar surface area (TPSA) is 69.9 Å². The third kappa shape index (κ3) is 5.09. The van der Waals surface area contributed by atoms with Crippen LogP contribution < -0.4 is 5.73 Å². The lowest BCUT2D eigenvalue weighted by molar-refractivity contribution is -0.132. The van der Waals surface area contributed by atoms with Crippen molar-refractivity contribution in [3.05, 3.63) is 0 Å². The van der Waals surface area contributed by atoms with Gasteiger partial charge in [-0.15, -0.1) is 0 Å². The molecular weight excluding hydrogens is 256 g/mol. The summed E-state index contributed by atoms with van der Waals surface area (Å²) < 4.78 is 0. The van der Waals surface area contributed by atoms with Gasteiger partial charge in [0.05, 0.1) is 6.54 Å². The molecule has 1 aliphatic heterocycles. The van der Waals surface area contributed by atoms with Crippen LogP contribution in [-0.2, 0) is 9.59 Å². The fourth-order valence-corrected chi connectivity index (χ4v) is 2.53. The zero-order valence-electron chi connectivity index (χ0n) is 12.8. The molecule has 6 heteroatoms. The first-order valence-corrected chi connectivity index (χ1v) is 7.60. The number of rotatable bonds is 6. The molecule has 1 fully saturated rings. The maximum atomic E-state index is 12.1. The van der Waals surface area contributed by atoms with Gasteiger partial charge in [0, 0.05) is 52.2 Å². The monoisotopic (exact) mass is 284 g/mol. The molecule has 6 nitrogen and oxygen atoms in total. The molecule has 0 aliphatic carbocycles. The Morgan fingerprint density at radius 1 is 1.10 bits per heavy atom. The fraction of sp³-hybridized carbons (Fsp3) is 0.857. The number of hydrogen-bond acceptors (Lipinski definition) is 4. The van der Waals surface area contributed by atoms with E-state index in [-0.39, 0.29) is 11.8 Å². The average Bonchev–Trinajstić information content (AvgIpc) is 2.66. The van der Waals surface area contributed by atoms with Crippen molar-refractivity contribution in [1.29, 1.82) is 0 Å². The molecule has 2 N–H and O–H groups in total. The van der Waals surface area contributed by atoms with Crippen molar-refractivity contribution < 1.29 is 9.59 Å². The highest BCUT2D eigenvalue weighted by molar-refractivity contribution is 5.78. The van der Waals surface area contributed by atoms with E-state index in [1.165, 1.54) is 0 Å². The molecule has 0 aromatic heterocycles. The summed E-state index contributed by atoms with van der Waals surface area (Å²) in [4.78, 5) is 29.8. The molecule has 0 radical (unpaired) electrons. The number of nitrogens with zero attached hydrogens (tertiary/aromatic N) is 3. The molecule has 0 spiro atoms. The van der Waals surface area contributed by atoms with Crippen LogP contribution in [0.25, 0.3) is 0 Å². The molecule has 1 rings (SSSR count). The Kier molecular flexibility index (Phi) is 7.54. The molecule has 2 amide bonds. The zero-order chi connectivity index (χ0) is 15.0. The van der Waals surface area contributed by atoms with Gasteiger partial charge in [0.25, 0.3) is 0 Å².